The molecule has 136 valence electrons. The summed E-state index contributed by atoms with van der Waals surface area (Å²) in [6.45, 7) is 0.722. The van der Waals surface area contributed by atoms with Crippen LogP contribution < -0.4 is 5.32 Å². The number of nitrogens with zero attached hydrogens (tertiary/aromatic N) is 4. The van der Waals surface area contributed by atoms with Gasteiger partial charge in [0.1, 0.15) is 16.3 Å². The summed E-state index contributed by atoms with van der Waals surface area (Å²) in [5.74, 6) is 2.12. The van der Waals surface area contributed by atoms with E-state index in [9.17, 15) is 0 Å². The maximum atomic E-state index is 4.86. The first-order valence-corrected chi connectivity index (χ1v) is 10.3. The number of hydrogen-bond donors (Lipinski definition) is 1. The van der Waals surface area contributed by atoms with Gasteiger partial charge in [0.2, 0.25) is 0 Å². The van der Waals surface area contributed by atoms with Crippen LogP contribution in [0.1, 0.15) is 34.8 Å². The Balaban J connectivity index is 1.50. The Bertz CT molecular complexity index is 1210. The summed E-state index contributed by atoms with van der Waals surface area (Å²) in [4.78, 5) is 20.8. The van der Waals surface area contributed by atoms with E-state index < -0.39 is 0 Å². The van der Waals surface area contributed by atoms with Crippen molar-refractivity contribution in [3.63, 3.8) is 0 Å². The molecule has 0 saturated carbocycles. The summed E-state index contributed by atoms with van der Waals surface area (Å²) in [6, 6.07) is 10.4. The molecule has 3 heterocycles. The van der Waals surface area contributed by atoms with E-state index in [4.69, 9.17) is 9.97 Å². The van der Waals surface area contributed by atoms with Crippen LogP contribution in [0.2, 0.25) is 0 Å². The molecule has 6 heteroatoms. The van der Waals surface area contributed by atoms with Gasteiger partial charge in [-0.1, -0.05) is 36.4 Å². The topological polar surface area (TPSA) is 63.6 Å². The summed E-state index contributed by atoms with van der Waals surface area (Å²) in [7, 11) is 0. The van der Waals surface area contributed by atoms with Crippen LogP contribution in [-0.4, -0.2) is 19.9 Å². The Morgan fingerprint density at radius 1 is 1.11 bits per heavy atom. The number of aromatic nitrogens is 4. The molecule has 6 rings (SSSR count). The van der Waals surface area contributed by atoms with Crippen molar-refractivity contribution in [2.75, 3.05) is 5.32 Å². The van der Waals surface area contributed by atoms with Crippen molar-refractivity contribution in [1.82, 2.24) is 19.9 Å². The maximum absolute atomic E-state index is 4.86. The monoisotopic (exact) mass is 383 g/mol. The average molecular weight is 383 g/mol. The van der Waals surface area contributed by atoms with Gasteiger partial charge in [-0.3, -0.25) is 4.98 Å². The summed E-state index contributed by atoms with van der Waals surface area (Å²) >= 11 is 1.81. The molecule has 3 aromatic heterocycles. The molecule has 2 aliphatic rings. The second kappa shape index (κ2) is 6.21. The Hall–Kier alpha value is -3.12. The van der Waals surface area contributed by atoms with Crippen LogP contribution in [0, 0.1) is 0 Å². The normalized spacial score (nSPS) is 17.0. The van der Waals surface area contributed by atoms with Gasteiger partial charge in [-0.15, -0.1) is 11.3 Å². The first-order valence-electron chi connectivity index (χ1n) is 9.47. The fourth-order valence-electron chi connectivity index (χ4n) is 4.16. The summed E-state index contributed by atoms with van der Waals surface area (Å²) in [6.07, 6.45) is 9.85. The molecule has 1 N–H and O–H groups in total. The van der Waals surface area contributed by atoms with Crippen molar-refractivity contribution in [1.29, 1.82) is 0 Å². The minimum Gasteiger partial charge on any atom is -0.365 e. The van der Waals surface area contributed by atoms with E-state index in [2.05, 4.69) is 45.6 Å². The van der Waals surface area contributed by atoms with Gasteiger partial charge in [-0.05, 0) is 24.0 Å². The number of anilines is 1. The third-order valence-electron chi connectivity index (χ3n) is 5.47. The summed E-state index contributed by atoms with van der Waals surface area (Å²) in [5, 5.41) is 4.72. The molecule has 0 aliphatic heterocycles. The van der Waals surface area contributed by atoms with E-state index in [1.165, 1.54) is 34.4 Å². The van der Waals surface area contributed by atoms with E-state index in [0.717, 1.165) is 22.6 Å². The Labute approximate surface area is 166 Å². The van der Waals surface area contributed by atoms with Crippen LogP contribution in [0.5, 0.6) is 0 Å². The third-order valence-corrected chi connectivity index (χ3v) is 6.67. The Morgan fingerprint density at radius 3 is 2.89 bits per heavy atom. The molecule has 0 spiro atoms. The predicted octanol–water partition coefficient (Wildman–Crippen LogP) is 5.03. The predicted molar refractivity (Wildman–Crippen MR) is 112 cm³/mol. The van der Waals surface area contributed by atoms with Gasteiger partial charge in [0.25, 0.3) is 0 Å². The lowest BCUT2D eigenvalue weighted by Gasteiger charge is -2.26. The first-order chi connectivity index (χ1) is 13.9. The van der Waals surface area contributed by atoms with Crippen LogP contribution in [0.25, 0.3) is 27.3 Å². The molecule has 5 nitrogen and oxygen atoms in total. The molecule has 1 aromatic carbocycles. The van der Waals surface area contributed by atoms with Gasteiger partial charge in [-0.2, -0.15) is 0 Å². The average Bonchev–Trinajstić information content (AvgIpc) is 3.31. The highest BCUT2D eigenvalue weighted by Gasteiger charge is 2.39. The van der Waals surface area contributed by atoms with Crippen LogP contribution >= 0.6 is 11.3 Å². The quantitative estimate of drug-likeness (QED) is 0.535. The van der Waals surface area contributed by atoms with Gasteiger partial charge in [0.05, 0.1) is 11.6 Å². The van der Waals surface area contributed by atoms with Gasteiger partial charge in [-0.25, -0.2) is 15.0 Å². The number of thiophene rings is 1. The smallest absolute Gasteiger partial charge is 0.183 e. The van der Waals surface area contributed by atoms with Crippen molar-refractivity contribution in [3.05, 3.63) is 71.0 Å². The molecule has 0 fully saturated rings. The number of nitrogens with one attached hydrogen (secondary N) is 1. The van der Waals surface area contributed by atoms with Crippen LogP contribution in [0.15, 0.2) is 55.0 Å². The Morgan fingerprint density at radius 2 is 2.04 bits per heavy atom. The lowest BCUT2D eigenvalue weighted by molar-refractivity contribution is 0.797. The van der Waals surface area contributed by atoms with Crippen molar-refractivity contribution in [3.8, 4) is 11.5 Å². The summed E-state index contributed by atoms with van der Waals surface area (Å²) in [5.41, 5.74) is 4.77. The highest BCUT2D eigenvalue weighted by atomic mass is 32.1. The van der Waals surface area contributed by atoms with E-state index in [-0.39, 0.29) is 0 Å². The SMILES string of the molecule is C1=C2c3c(sc4nc(-c5cnccn5)nc(NCc5ccccc5)c34)C2CC1. The molecule has 0 bridgehead atoms. The van der Waals surface area contributed by atoms with Crippen LogP contribution in [-0.2, 0) is 6.54 Å². The molecule has 0 amide bonds. The highest BCUT2D eigenvalue weighted by Crippen LogP contribution is 2.59. The fraction of sp³-hybridized carbons (Fsp3) is 0.182. The van der Waals surface area contributed by atoms with Gasteiger partial charge < -0.3 is 5.32 Å². The lowest BCUT2D eigenvalue weighted by atomic mass is 9.80. The van der Waals surface area contributed by atoms with Crippen molar-refractivity contribution < 1.29 is 0 Å². The van der Waals surface area contributed by atoms with E-state index in [1.54, 1.807) is 29.9 Å². The number of rotatable bonds is 4. The lowest BCUT2D eigenvalue weighted by Crippen LogP contribution is -2.10. The number of hydrogen-bond acceptors (Lipinski definition) is 6. The molecule has 0 saturated heterocycles. The summed E-state index contributed by atoms with van der Waals surface area (Å²) < 4.78 is 0. The van der Waals surface area contributed by atoms with Gasteiger partial charge >= 0.3 is 0 Å². The zero-order chi connectivity index (χ0) is 18.5. The standard InChI is InChI=1S/C22H17N5S/c1-2-5-13(6-3-1)11-25-21-18-17-14-7-4-8-15(14)19(17)28-22(18)27-20(26-21)16-12-23-9-10-24-16/h1-3,5-7,9-10,12,15H,4,8,11H2,(H,25,26,27). The first kappa shape index (κ1) is 15.9. The van der Waals surface area contributed by atoms with Crippen molar-refractivity contribution >= 4 is 32.9 Å². The highest BCUT2D eigenvalue weighted by molar-refractivity contribution is 7.19. The molecule has 0 radical (unpaired) electrons. The minimum atomic E-state index is 0.608. The number of fused-ring (bicyclic) bond motifs is 6. The van der Waals surface area contributed by atoms with Gasteiger partial charge in [0.15, 0.2) is 5.82 Å². The fourth-order valence-corrected chi connectivity index (χ4v) is 5.51. The zero-order valence-corrected chi connectivity index (χ0v) is 15.9. The Kier molecular flexibility index (Phi) is 3.52. The van der Waals surface area contributed by atoms with Gasteiger partial charge in [0, 0.05) is 35.3 Å². The number of allylic oxidation sites excluding steroid dienone is 2. The maximum Gasteiger partial charge on any atom is 0.183 e. The molecular weight excluding hydrogens is 366 g/mol. The second-order valence-corrected chi connectivity index (χ2v) is 8.17. The molecular formula is C22H17N5S. The number of benzene rings is 1. The zero-order valence-electron chi connectivity index (χ0n) is 15.1. The van der Waals surface area contributed by atoms with E-state index >= 15 is 0 Å². The van der Waals surface area contributed by atoms with E-state index in [0.29, 0.717) is 17.4 Å². The van der Waals surface area contributed by atoms with Crippen molar-refractivity contribution in [2.24, 2.45) is 0 Å². The molecule has 28 heavy (non-hydrogen) atoms. The molecule has 1 atom stereocenters. The molecule has 2 aliphatic carbocycles. The van der Waals surface area contributed by atoms with Crippen LogP contribution in [0.4, 0.5) is 5.82 Å². The minimum absolute atomic E-state index is 0.608. The third kappa shape index (κ3) is 2.38. The van der Waals surface area contributed by atoms with Crippen LogP contribution in [0.3, 0.4) is 0 Å². The van der Waals surface area contributed by atoms with E-state index in [1.807, 2.05) is 6.07 Å². The molecule has 4 aromatic rings. The molecule has 1 unspecified atom stereocenters. The largest absolute Gasteiger partial charge is 0.365 e. The van der Waals surface area contributed by atoms with Crippen molar-refractivity contribution in [2.45, 2.75) is 25.3 Å². The second-order valence-electron chi connectivity index (χ2n) is 7.14.